The Morgan fingerprint density at radius 2 is 1.92 bits per heavy atom. The molecule has 0 bridgehead atoms. The maximum atomic E-state index is 12.9. The molecule has 124 valence electrons. The van der Waals surface area contributed by atoms with Crippen LogP contribution in [0.1, 0.15) is 29.3 Å². The second-order valence-corrected chi connectivity index (χ2v) is 5.79. The van der Waals surface area contributed by atoms with Gasteiger partial charge in [-0.1, -0.05) is 0 Å². The maximum Gasteiger partial charge on any atom is 0.264 e. The highest BCUT2D eigenvalue weighted by molar-refractivity contribution is 5.98. The van der Waals surface area contributed by atoms with Crippen molar-refractivity contribution >= 4 is 17.4 Å². The first kappa shape index (κ1) is 16.2. The van der Waals surface area contributed by atoms with Crippen LogP contribution in [-0.2, 0) is 11.2 Å². The van der Waals surface area contributed by atoms with Crippen molar-refractivity contribution in [2.45, 2.75) is 19.8 Å². The summed E-state index contributed by atoms with van der Waals surface area (Å²) in [4.78, 5) is 25.7. The molecule has 1 amide bonds. The van der Waals surface area contributed by atoms with E-state index >= 15 is 0 Å². The lowest BCUT2D eigenvalue weighted by Crippen LogP contribution is -2.38. The lowest BCUT2D eigenvalue weighted by Gasteiger charge is -2.29. The Bertz CT molecular complexity index is 771. The van der Waals surface area contributed by atoms with Crippen molar-refractivity contribution in [2.75, 3.05) is 18.1 Å². The number of rotatable bonds is 4. The first-order valence-corrected chi connectivity index (χ1v) is 7.87. The predicted molar refractivity (Wildman–Crippen MR) is 89.0 cm³/mol. The van der Waals surface area contributed by atoms with Gasteiger partial charge in [-0.05, 0) is 67.8 Å². The molecule has 0 atom stereocenters. The fraction of sp³-hybridized carbons (Fsp3) is 0.263. The van der Waals surface area contributed by atoms with Gasteiger partial charge in [0.15, 0.2) is 12.4 Å². The minimum Gasteiger partial charge on any atom is -0.484 e. The van der Waals surface area contributed by atoms with E-state index < -0.39 is 0 Å². The van der Waals surface area contributed by atoms with Crippen LogP contribution < -0.4 is 9.64 Å². The molecule has 0 aliphatic carbocycles. The summed E-state index contributed by atoms with van der Waals surface area (Å²) >= 11 is 0. The molecule has 1 aliphatic rings. The Morgan fingerprint density at radius 1 is 1.17 bits per heavy atom. The van der Waals surface area contributed by atoms with E-state index in [9.17, 15) is 14.0 Å². The molecule has 2 aromatic carbocycles. The smallest absolute Gasteiger partial charge is 0.264 e. The molecule has 0 saturated carbocycles. The number of benzene rings is 2. The number of anilines is 1. The van der Waals surface area contributed by atoms with Crippen molar-refractivity contribution in [3.8, 4) is 5.75 Å². The molecule has 3 rings (SSSR count). The van der Waals surface area contributed by atoms with Crippen molar-refractivity contribution in [2.24, 2.45) is 0 Å². The minimum absolute atomic E-state index is 0.0147. The number of carbonyl (C=O) groups excluding carboxylic acids is 2. The van der Waals surface area contributed by atoms with Gasteiger partial charge in [0.05, 0.1) is 0 Å². The molecule has 1 aliphatic heterocycles. The zero-order valence-electron chi connectivity index (χ0n) is 13.4. The molecule has 24 heavy (non-hydrogen) atoms. The third-order valence-electron chi connectivity index (χ3n) is 4.08. The van der Waals surface area contributed by atoms with E-state index in [-0.39, 0.29) is 24.1 Å². The number of amides is 1. The van der Waals surface area contributed by atoms with Crippen molar-refractivity contribution in [3.63, 3.8) is 0 Å². The number of ketones is 1. The maximum absolute atomic E-state index is 12.9. The number of Topliss-reactive ketones (excluding diaryl/α,β-unsaturated/α-hetero) is 1. The predicted octanol–water partition coefficient (Wildman–Crippen LogP) is 3.39. The van der Waals surface area contributed by atoms with E-state index in [1.807, 2.05) is 12.1 Å². The number of nitrogens with zero attached hydrogens (tertiary/aromatic N) is 1. The molecule has 0 N–H and O–H groups in total. The second kappa shape index (κ2) is 6.83. The third kappa shape index (κ3) is 3.45. The molecule has 5 heteroatoms. The first-order chi connectivity index (χ1) is 11.5. The lowest BCUT2D eigenvalue weighted by molar-refractivity contribution is -0.120. The van der Waals surface area contributed by atoms with Gasteiger partial charge in [-0.3, -0.25) is 9.59 Å². The fourth-order valence-electron chi connectivity index (χ4n) is 2.83. The van der Waals surface area contributed by atoms with Crippen molar-refractivity contribution in [1.29, 1.82) is 0 Å². The van der Waals surface area contributed by atoms with Gasteiger partial charge in [0.25, 0.3) is 5.91 Å². The summed E-state index contributed by atoms with van der Waals surface area (Å²) in [6.45, 7) is 2.04. The number of aryl methyl sites for hydroxylation is 1. The van der Waals surface area contributed by atoms with E-state index in [2.05, 4.69) is 0 Å². The van der Waals surface area contributed by atoms with E-state index in [0.29, 0.717) is 17.9 Å². The van der Waals surface area contributed by atoms with Crippen molar-refractivity contribution < 1.29 is 18.7 Å². The van der Waals surface area contributed by atoms with E-state index in [1.165, 1.54) is 31.2 Å². The number of hydrogen-bond acceptors (Lipinski definition) is 3. The highest BCUT2D eigenvalue weighted by atomic mass is 19.1. The molecule has 0 radical (unpaired) electrons. The van der Waals surface area contributed by atoms with Gasteiger partial charge in [0.2, 0.25) is 0 Å². The Hall–Kier alpha value is -2.69. The number of halogens is 1. The van der Waals surface area contributed by atoms with E-state index in [0.717, 1.165) is 24.1 Å². The van der Waals surface area contributed by atoms with Gasteiger partial charge in [0.1, 0.15) is 11.6 Å². The zero-order chi connectivity index (χ0) is 17.1. The molecule has 0 fully saturated rings. The molecule has 0 unspecified atom stereocenters. The molecular weight excluding hydrogens is 309 g/mol. The Kier molecular flexibility index (Phi) is 4.60. The molecule has 1 heterocycles. The second-order valence-electron chi connectivity index (χ2n) is 5.79. The van der Waals surface area contributed by atoms with Crippen LogP contribution in [0.5, 0.6) is 5.75 Å². The Balaban J connectivity index is 1.72. The molecule has 0 saturated heterocycles. The number of fused-ring (bicyclic) bond motifs is 1. The van der Waals surface area contributed by atoms with E-state index in [4.69, 9.17) is 4.74 Å². The number of ether oxygens (including phenoxy) is 1. The van der Waals surface area contributed by atoms with Crippen LogP contribution in [0.25, 0.3) is 0 Å². The van der Waals surface area contributed by atoms with Crippen LogP contribution in [0.15, 0.2) is 42.5 Å². The minimum atomic E-state index is -0.347. The van der Waals surface area contributed by atoms with Crippen LogP contribution in [0.2, 0.25) is 0 Å². The molecular formula is C19H18FNO3. The third-order valence-corrected chi connectivity index (χ3v) is 4.08. The normalized spacial score (nSPS) is 13.3. The molecule has 2 aromatic rings. The Labute approximate surface area is 139 Å². The number of hydrogen-bond donors (Lipinski definition) is 0. The summed E-state index contributed by atoms with van der Waals surface area (Å²) in [5, 5.41) is 0. The molecule has 4 nitrogen and oxygen atoms in total. The van der Waals surface area contributed by atoms with Crippen molar-refractivity contribution in [3.05, 3.63) is 59.4 Å². The first-order valence-electron chi connectivity index (χ1n) is 7.87. The van der Waals surface area contributed by atoms with Gasteiger partial charge in [0, 0.05) is 17.8 Å². The zero-order valence-corrected chi connectivity index (χ0v) is 13.4. The van der Waals surface area contributed by atoms with Crippen molar-refractivity contribution in [1.82, 2.24) is 0 Å². The highest BCUT2D eigenvalue weighted by Gasteiger charge is 2.23. The highest BCUT2D eigenvalue weighted by Crippen LogP contribution is 2.28. The monoisotopic (exact) mass is 327 g/mol. The van der Waals surface area contributed by atoms with Gasteiger partial charge < -0.3 is 9.64 Å². The van der Waals surface area contributed by atoms with Gasteiger partial charge >= 0.3 is 0 Å². The van der Waals surface area contributed by atoms with Gasteiger partial charge in [-0.2, -0.15) is 0 Å². The average molecular weight is 327 g/mol. The van der Waals surface area contributed by atoms with E-state index in [1.54, 1.807) is 11.0 Å². The molecule has 0 aromatic heterocycles. The quantitative estimate of drug-likeness (QED) is 0.809. The fourth-order valence-corrected chi connectivity index (χ4v) is 2.83. The SMILES string of the molecule is CC(=O)c1ccc2c(c1)CCCN2C(=O)COc1ccc(F)cc1. The summed E-state index contributed by atoms with van der Waals surface area (Å²) in [6, 6.07) is 11.0. The summed E-state index contributed by atoms with van der Waals surface area (Å²) < 4.78 is 18.3. The van der Waals surface area contributed by atoms with Gasteiger partial charge in [-0.15, -0.1) is 0 Å². The van der Waals surface area contributed by atoms with Crippen LogP contribution in [0, 0.1) is 5.82 Å². The summed E-state index contributed by atoms with van der Waals surface area (Å²) in [5.74, 6) is -0.0365. The van der Waals surface area contributed by atoms with Crippen LogP contribution >= 0.6 is 0 Å². The van der Waals surface area contributed by atoms with Crippen LogP contribution in [0.3, 0.4) is 0 Å². The summed E-state index contributed by atoms with van der Waals surface area (Å²) in [7, 11) is 0. The lowest BCUT2D eigenvalue weighted by atomic mass is 9.98. The number of carbonyl (C=O) groups is 2. The summed E-state index contributed by atoms with van der Waals surface area (Å²) in [5.41, 5.74) is 2.49. The summed E-state index contributed by atoms with van der Waals surface area (Å²) in [6.07, 6.45) is 1.69. The van der Waals surface area contributed by atoms with Crippen LogP contribution in [0.4, 0.5) is 10.1 Å². The van der Waals surface area contributed by atoms with Gasteiger partial charge in [-0.25, -0.2) is 4.39 Å². The molecule has 0 spiro atoms. The van der Waals surface area contributed by atoms with Crippen LogP contribution in [-0.4, -0.2) is 24.8 Å². The average Bonchev–Trinajstić information content (AvgIpc) is 2.60. The largest absolute Gasteiger partial charge is 0.484 e. The topological polar surface area (TPSA) is 46.6 Å². The standard InChI is InChI=1S/C19H18FNO3/c1-13(22)14-4-9-18-15(11-14)3-2-10-21(18)19(23)12-24-17-7-5-16(20)6-8-17/h4-9,11H,2-3,10,12H2,1H3. The Morgan fingerprint density at radius 3 is 2.62 bits per heavy atom.